The molecule has 5 nitrogen and oxygen atoms in total. The fourth-order valence-corrected chi connectivity index (χ4v) is 2.66. The lowest BCUT2D eigenvalue weighted by molar-refractivity contribution is -0.127. The van der Waals surface area contributed by atoms with Crippen LogP contribution in [0.3, 0.4) is 0 Å². The highest BCUT2D eigenvalue weighted by atomic mass is 35.5. The van der Waals surface area contributed by atoms with Crippen molar-refractivity contribution in [2.45, 2.75) is 65.0 Å². The predicted octanol–water partition coefficient (Wildman–Crippen LogP) is 1.59. The van der Waals surface area contributed by atoms with Crippen LogP contribution in [0.5, 0.6) is 0 Å². The summed E-state index contributed by atoms with van der Waals surface area (Å²) in [6.07, 6.45) is 5.71. The second kappa shape index (κ2) is 10.0. The number of rotatable bonds is 6. The van der Waals surface area contributed by atoms with Crippen LogP contribution in [-0.4, -0.2) is 30.4 Å². The summed E-state index contributed by atoms with van der Waals surface area (Å²) in [6, 6.07) is -0.293. The zero-order valence-electron chi connectivity index (χ0n) is 13.4. The number of carbonyl (C=O) groups excluding carboxylic acids is 2. The molecule has 0 bridgehead atoms. The van der Waals surface area contributed by atoms with Gasteiger partial charge in [-0.3, -0.25) is 9.59 Å². The normalized spacial score (nSPS) is 23.1. The van der Waals surface area contributed by atoms with Gasteiger partial charge in [0.2, 0.25) is 11.8 Å². The van der Waals surface area contributed by atoms with E-state index in [1.54, 1.807) is 0 Å². The summed E-state index contributed by atoms with van der Waals surface area (Å²) in [5.41, 5.74) is 5.72. The largest absolute Gasteiger partial charge is 0.352 e. The lowest BCUT2D eigenvalue weighted by Gasteiger charge is -2.29. The van der Waals surface area contributed by atoms with Gasteiger partial charge >= 0.3 is 0 Å². The Morgan fingerprint density at radius 2 is 1.95 bits per heavy atom. The molecule has 6 heteroatoms. The molecule has 21 heavy (non-hydrogen) atoms. The van der Waals surface area contributed by atoms with Gasteiger partial charge in [0.05, 0.1) is 12.6 Å². The number of amides is 2. The fourth-order valence-electron chi connectivity index (χ4n) is 2.66. The van der Waals surface area contributed by atoms with Crippen LogP contribution in [-0.2, 0) is 9.59 Å². The average Bonchev–Trinajstić information content (AvgIpc) is 2.43. The molecule has 124 valence electrons. The van der Waals surface area contributed by atoms with Crippen molar-refractivity contribution in [3.8, 4) is 0 Å². The number of nitrogens with one attached hydrogen (secondary N) is 2. The van der Waals surface area contributed by atoms with Crippen LogP contribution in [0.4, 0.5) is 0 Å². The Balaban J connectivity index is 0.00000400. The third kappa shape index (κ3) is 7.14. The SMILES string of the molecule is CCC1CCCC(NC(=O)CNC(=O)[C@@H](N)C(C)C)C1.Cl. The van der Waals surface area contributed by atoms with E-state index in [1.807, 2.05) is 13.8 Å². The van der Waals surface area contributed by atoms with Crippen molar-refractivity contribution in [3.63, 3.8) is 0 Å². The number of nitrogens with two attached hydrogens (primary N) is 1. The zero-order valence-corrected chi connectivity index (χ0v) is 14.2. The highest BCUT2D eigenvalue weighted by Gasteiger charge is 2.23. The smallest absolute Gasteiger partial charge is 0.239 e. The van der Waals surface area contributed by atoms with Gasteiger partial charge in [0.1, 0.15) is 0 Å². The lowest BCUT2D eigenvalue weighted by atomic mass is 9.84. The van der Waals surface area contributed by atoms with E-state index in [0.29, 0.717) is 0 Å². The summed E-state index contributed by atoms with van der Waals surface area (Å²) in [5.74, 6) is 0.418. The fraction of sp³-hybridized carbons (Fsp3) is 0.867. The van der Waals surface area contributed by atoms with Gasteiger partial charge in [-0.25, -0.2) is 0 Å². The maximum atomic E-state index is 11.8. The van der Waals surface area contributed by atoms with E-state index in [4.69, 9.17) is 5.73 Å². The predicted molar refractivity (Wildman–Crippen MR) is 87.3 cm³/mol. The third-order valence-corrected chi connectivity index (χ3v) is 4.17. The average molecular weight is 320 g/mol. The molecule has 0 aromatic carbocycles. The minimum Gasteiger partial charge on any atom is -0.352 e. The van der Waals surface area contributed by atoms with Crippen LogP contribution in [0.2, 0.25) is 0 Å². The van der Waals surface area contributed by atoms with Gasteiger partial charge < -0.3 is 16.4 Å². The molecular formula is C15H30ClN3O2. The third-order valence-electron chi connectivity index (χ3n) is 4.17. The molecule has 0 saturated heterocycles. The van der Waals surface area contributed by atoms with E-state index >= 15 is 0 Å². The Morgan fingerprint density at radius 1 is 1.29 bits per heavy atom. The number of carbonyl (C=O) groups is 2. The molecule has 0 radical (unpaired) electrons. The highest BCUT2D eigenvalue weighted by molar-refractivity contribution is 5.87. The molecule has 0 aromatic heterocycles. The number of hydrogen-bond donors (Lipinski definition) is 3. The van der Waals surface area contributed by atoms with Crippen LogP contribution in [0.25, 0.3) is 0 Å². The van der Waals surface area contributed by atoms with Crippen molar-refractivity contribution in [2.75, 3.05) is 6.54 Å². The van der Waals surface area contributed by atoms with Crippen molar-refractivity contribution in [1.29, 1.82) is 0 Å². The molecule has 4 N–H and O–H groups in total. The Labute approximate surface area is 134 Å². The Bertz CT molecular complexity index is 337. The summed E-state index contributed by atoms with van der Waals surface area (Å²) in [4.78, 5) is 23.5. The molecule has 3 atom stereocenters. The molecule has 1 saturated carbocycles. The molecule has 2 unspecified atom stereocenters. The Hall–Kier alpha value is -0.810. The first-order valence-electron chi connectivity index (χ1n) is 7.76. The first-order chi connectivity index (χ1) is 9.43. The van der Waals surface area contributed by atoms with Gasteiger partial charge in [0, 0.05) is 6.04 Å². The van der Waals surface area contributed by atoms with Crippen LogP contribution >= 0.6 is 12.4 Å². The van der Waals surface area contributed by atoms with Gasteiger partial charge in [-0.2, -0.15) is 0 Å². The van der Waals surface area contributed by atoms with Crippen molar-refractivity contribution in [3.05, 3.63) is 0 Å². The summed E-state index contributed by atoms with van der Waals surface area (Å²) < 4.78 is 0. The number of hydrogen-bond acceptors (Lipinski definition) is 3. The minimum atomic E-state index is -0.554. The highest BCUT2D eigenvalue weighted by Crippen LogP contribution is 2.26. The second-order valence-electron chi connectivity index (χ2n) is 6.19. The van der Waals surface area contributed by atoms with Gasteiger partial charge in [-0.15, -0.1) is 12.4 Å². The maximum Gasteiger partial charge on any atom is 0.239 e. The van der Waals surface area contributed by atoms with E-state index in [-0.39, 0.29) is 42.7 Å². The van der Waals surface area contributed by atoms with Gasteiger partial charge in [0.15, 0.2) is 0 Å². The standard InChI is InChI=1S/C15H29N3O2.ClH/c1-4-11-6-5-7-12(8-11)18-13(19)9-17-15(20)14(16)10(2)3;/h10-12,14H,4-9,16H2,1-3H3,(H,17,20)(H,18,19);1H/t11?,12?,14-;/m0./s1. The van der Waals surface area contributed by atoms with Crippen molar-refractivity contribution >= 4 is 24.2 Å². The van der Waals surface area contributed by atoms with E-state index in [2.05, 4.69) is 17.6 Å². The first-order valence-corrected chi connectivity index (χ1v) is 7.76. The summed E-state index contributed by atoms with van der Waals surface area (Å²) in [7, 11) is 0. The molecule has 0 spiro atoms. The molecule has 1 aliphatic carbocycles. The Kier molecular flexibility index (Phi) is 9.62. The van der Waals surface area contributed by atoms with E-state index in [9.17, 15) is 9.59 Å². The molecule has 1 aliphatic rings. The topological polar surface area (TPSA) is 84.2 Å². The molecule has 1 fully saturated rings. The zero-order chi connectivity index (χ0) is 15.1. The van der Waals surface area contributed by atoms with Crippen molar-refractivity contribution in [1.82, 2.24) is 10.6 Å². The molecule has 0 heterocycles. The molecule has 0 aromatic rings. The summed E-state index contributed by atoms with van der Waals surface area (Å²) in [5, 5.41) is 5.61. The van der Waals surface area contributed by atoms with Gasteiger partial charge in [-0.05, 0) is 24.7 Å². The second-order valence-corrected chi connectivity index (χ2v) is 6.19. The maximum absolute atomic E-state index is 11.8. The van der Waals surface area contributed by atoms with Crippen LogP contribution in [0.1, 0.15) is 52.9 Å². The van der Waals surface area contributed by atoms with Gasteiger partial charge in [0.25, 0.3) is 0 Å². The van der Waals surface area contributed by atoms with Crippen LogP contribution < -0.4 is 16.4 Å². The van der Waals surface area contributed by atoms with Crippen LogP contribution in [0, 0.1) is 11.8 Å². The lowest BCUT2D eigenvalue weighted by Crippen LogP contribution is -2.49. The summed E-state index contributed by atoms with van der Waals surface area (Å²) >= 11 is 0. The van der Waals surface area contributed by atoms with Crippen LogP contribution in [0.15, 0.2) is 0 Å². The quantitative estimate of drug-likeness (QED) is 0.695. The minimum absolute atomic E-state index is 0. The monoisotopic (exact) mass is 319 g/mol. The molecule has 0 aliphatic heterocycles. The van der Waals surface area contributed by atoms with E-state index in [0.717, 1.165) is 18.8 Å². The number of halogens is 1. The molecule has 2 amide bonds. The summed E-state index contributed by atoms with van der Waals surface area (Å²) in [6.45, 7) is 5.99. The van der Waals surface area contributed by atoms with Crippen molar-refractivity contribution < 1.29 is 9.59 Å². The van der Waals surface area contributed by atoms with E-state index in [1.165, 1.54) is 19.3 Å². The van der Waals surface area contributed by atoms with Crippen molar-refractivity contribution in [2.24, 2.45) is 17.6 Å². The van der Waals surface area contributed by atoms with Gasteiger partial charge in [-0.1, -0.05) is 40.0 Å². The molecular weight excluding hydrogens is 290 g/mol. The first kappa shape index (κ1) is 20.2. The molecule has 1 rings (SSSR count). The Morgan fingerprint density at radius 3 is 2.52 bits per heavy atom. The van der Waals surface area contributed by atoms with E-state index < -0.39 is 6.04 Å².